The average molecular weight is 229 g/mol. The molecule has 0 radical (unpaired) electrons. The van der Waals surface area contributed by atoms with Gasteiger partial charge in [0.05, 0.1) is 18.5 Å². The zero-order valence-corrected chi connectivity index (χ0v) is 9.79. The van der Waals surface area contributed by atoms with Crippen molar-refractivity contribution in [3.05, 3.63) is 30.0 Å². The van der Waals surface area contributed by atoms with E-state index in [0.717, 1.165) is 42.1 Å². The van der Waals surface area contributed by atoms with Crippen LogP contribution in [0.3, 0.4) is 0 Å². The number of aromatic nitrogens is 2. The topological polar surface area (TPSA) is 49.9 Å². The highest BCUT2D eigenvalue weighted by atomic mass is 16.5. The van der Waals surface area contributed by atoms with Crippen molar-refractivity contribution in [1.29, 1.82) is 0 Å². The van der Waals surface area contributed by atoms with Gasteiger partial charge in [0.1, 0.15) is 11.4 Å². The Morgan fingerprint density at radius 3 is 3.06 bits per heavy atom. The summed E-state index contributed by atoms with van der Waals surface area (Å²) >= 11 is 0. The number of rotatable bonds is 2. The second-order valence-corrected chi connectivity index (χ2v) is 4.16. The van der Waals surface area contributed by atoms with Gasteiger partial charge in [0.15, 0.2) is 0 Å². The van der Waals surface area contributed by atoms with E-state index in [1.807, 2.05) is 24.3 Å². The fraction of sp³-hybridized carbons (Fsp3) is 0.308. The van der Waals surface area contributed by atoms with Gasteiger partial charge in [0.25, 0.3) is 0 Å². The van der Waals surface area contributed by atoms with Crippen LogP contribution in [-0.4, -0.2) is 23.9 Å². The predicted octanol–water partition coefficient (Wildman–Crippen LogP) is 2.44. The molecule has 1 aromatic carbocycles. The minimum atomic E-state index is 0.856. The highest BCUT2D eigenvalue weighted by Gasteiger charge is 2.19. The van der Waals surface area contributed by atoms with Crippen LogP contribution in [0.15, 0.2) is 24.3 Å². The second-order valence-electron chi connectivity index (χ2n) is 4.16. The molecule has 1 aliphatic heterocycles. The van der Waals surface area contributed by atoms with Gasteiger partial charge >= 0.3 is 0 Å². The zero-order chi connectivity index (χ0) is 11.7. The SMILES string of the molecule is COc1ccccc1-c1n[nH]c2c1NCCC2. The summed E-state index contributed by atoms with van der Waals surface area (Å²) < 4.78 is 5.38. The van der Waals surface area contributed by atoms with Gasteiger partial charge in [-0.15, -0.1) is 0 Å². The highest BCUT2D eigenvalue weighted by molar-refractivity contribution is 5.80. The lowest BCUT2D eigenvalue weighted by atomic mass is 10.1. The maximum Gasteiger partial charge on any atom is 0.128 e. The molecular formula is C13H15N3O. The number of aromatic amines is 1. The monoisotopic (exact) mass is 229 g/mol. The van der Waals surface area contributed by atoms with Crippen LogP contribution in [0.5, 0.6) is 5.75 Å². The van der Waals surface area contributed by atoms with Gasteiger partial charge in [0, 0.05) is 12.1 Å². The fourth-order valence-corrected chi connectivity index (χ4v) is 2.26. The maximum absolute atomic E-state index is 5.38. The Morgan fingerprint density at radius 1 is 1.29 bits per heavy atom. The Morgan fingerprint density at radius 2 is 2.18 bits per heavy atom. The molecule has 0 aliphatic carbocycles. The van der Waals surface area contributed by atoms with Gasteiger partial charge < -0.3 is 10.1 Å². The van der Waals surface area contributed by atoms with Crippen LogP contribution in [0.4, 0.5) is 5.69 Å². The molecule has 4 nitrogen and oxygen atoms in total. The summed E-state index contributed by atoms with van der Waals surface area (Å²) in [6.07, 6.45) is 2.21. The first-order valence-corrected chi connectivity index (χ1v) is 5.84. The first-order valence-electron chi connectivity index (χ1n) is 5.84. The molecule has 88 valence electrons. The van der Waals surface area contributed by atoms with Crippen LogP contribution in [0, 0.1) is 0 Å². The number of anilines is 1. The van der Waals surface area contributed by atoms with Crippen molar-refractivity contribution >= 4 is 5.69 Å². The van der Waals surface area contributed by atoms with Gasteiger partial charge in [-0.2, -0.15) is 5.10 Å². The third-order valence-corrected chi connectivity index (χ3v) is 3.11. The number of fused-ring (bicyclic) bond motifs is 1. The first-order chi connectivity index (χ1) is 8.40. The number of aryl methyl sites for hydroxylation is 1. The lowest BCUT2D eigenvalue weighted by Gasteiger charge is -2.15. The molecule has 0 atom stereocenters. The molecule has 0 unspecified atom stereocenters. The molecule has 1 aliphatic rings. The Balaban J connectivity index is 2.12. The van der Waals surface area contributed by atoms with Crippen molar-refractivity contribution in [2.45, 2.75) is 12.8 Å². The third kappa shape index (κ3) is 1.65. The van der Waals surface area contributed by atoms with Gasteiger partial charge in [-0.25, -0.2) is 0 Å². The number of H-pyrrole nitrogens is 1. The number of methoxy groups -OCH3 is 1. The van der Waals surface area contributed by atoms with Gasteiger partial charge in [-0.3, -0.25) is 5.10 Å². The molecule has 2 aromatic rings. The van der Waals surface area contributed by atoms with Crippen LogP contribution in [-0.2, 0) is 6.42 Å². The third-order valence-electron chi connectivity index (χ3n) is 3.11. The predicted molar refractivity (Wildman–Crippen MR) is 67.4 cm³/mol. The molecule has 0 spiro atoms. The molecule has 2 N–H and O–H groups in total. The minimum Gasteiger partial charge on any atom is -0.496 e. The molecule has 0 saturated heterocycles. The Hall–Kier alpha value is -1.97. The quantitative estimate of drug-likeness (QED) is 0.831. The summed E-state index contributed by atoms with van der Waals surface area (Å²) in [4.78, 5) is 0. The smallest absolute Gasteiger partial charge is 0.128 e. The van der Waals surface area contributed by atoms with E-state index in [1.165, 1.54) is 5.69 Å². The standard InChI is InChI=1S/C13H15N3O/c1-17-11-7-3-2-5-9(11)12-13-10(15-16-12)6-4-8-14-13/h2-3,5,7,14H,4,6,8H2,1H3,(H,15,16). The van der Waals surface area contributed by atoms with Crippen molar-refractivity contribution in [1.82, 2.24) is 10.2 Å². The van der Waals surface area contributed by atoms with Gasteiger partial charge in [-0.1, -0.05) is 12.1 Å². The van der Waals surface area contributed by atoms with E-state index in [1.54, 1.807) is 7.11 Å². The molecule has 4 heteroatoms. The van der Waals surface area contributed by atoms with E-state index in [4.69, 9.17) is 4.74 Å². The molecule has 0 fully saturated rings. The first kappa shape index (κ1) is 10.2. The van der Waals surface area contributed by atoms with E-state index < -0.39 is 0 Å². The maximum atomic E-state index is 5.38. The summed E-state index contributed by atoms with van der Waals surface area (Å²) in [6.45, 7) is 1.01. The van der Waals surface area contributed by atoms with Crippen LogP contribution in [0.1, 0.15) is 12.1 Å². The molecule has 17 heavy (non-hydrogen) atoms. The van der Waals surface area contributed by atoms with E-state index in [-0.39, 0.29) is 0 Å². The summed E-state index contributed by atoms with van der Waals surface area (Å²) in [5, 5.41) is 10.9. The van der Waals surface area contributed by atoms with Crippen molar-refractivity contribution in [2.24, 2.45) is 0 Å². The average Bonchev–Trinajstić information content (AvgIpc) is 2.82. The van der Waals surface area contributed by atoms with Crippen molar-refractivity contribution < 1.29 is 4.74 Å². The van der Waals surface area contributed by atoms with E-state index in [0.29, 0.717) is 0 Å². The normalized spacial score (nSPS) is 13.9. The van der Waals surface area contributed by atoms with Crippen LogP contribution >= 0.6 is 0 Å². The lowest BCUT2D eigenvalue weighted by Crippen LogP contribution is -2.11. The zero-order valence-electron chi connectivity index (χ0n) is 9.79. The van der Waals surface area contributed by atoms with E-state index >= 15 is 0 Å². The van der Waals surface area contributed by atoms with E-state index in [2.05, 4.69) is 15.5 Å². The molecule has 0 bridgehead atoms. The number of para-hydroxylation sites is 1. The molecular weight excluding hydrogens is 214 g/mol. The Kier molecular flexibility index (Phi) is 2.48. The number of hydrogen-bond donors (Lipinski definition) is 2. The fourth-order valence-electron chi connectivity index (χ4n) is 2.26. The Labute approximate surface area is 100 Å². The summed E-state index contributed by atoms with van der Waals surface area (Å²) in [5.41, 5.74) is 4.30. The molecule has 0 saturated carbocycles. The molecule has 3 rings (SSSR count). The largest absolute Gasteiger partial charge is 0.496 e. The van der Waals surface area contributed by atoms with Gasteiger partial charge in [0.2, 0.25) is 0 Å². The van der Waals surface area contributed by atoms with Gasteiger partial charge in [-0.05, 0) is 25.0 Å². The van der Waals surface area contributed by atoms with Crippen LogP contribution in [0.25, 0.3) is 11.3 Å². The number of ether oxygens (including phenoxy) is 1. The van der Waals surface area contributed by atoms with Crippen LogP contribution < -0.4 is 10.1 Å². The van der Waals surface area contributed by atoms with Crippen molar-refractivity contribution in [3.63, 3.8) is 0 Å². The number of nitrogens with one attached hydrogen (secondary N) is 2. The summed E-state index contributed by atoms with van der Waals surface area (Å²) in [6, 6.07) is 7.96. The van der Waals surface area contributed by atoms with E-state index in [9.17, 15) is 0 Å². The van der Waals surface area contributed by atoms with Crippen molar-refractivity contribution in [3.8, 4) is 17.0 Å². The molecule has 2 heterocycles. The number of hydrogen-bond acceptors (Lipinski definition) is 3. The van der Waals surface area contributed by atoms with Crippen molar-refractivity contribution in [2.75, 3.05) is 19.0 Å². The Bertz CT molecular complexity index is 533. The second kappa shape index (κ2) is 4.13. The molecule has 1 aromatic heterocycles. The lowest BCUT2D eigenvalue weighted by molar-refractivity contribution is 0.416. The number of benzene rings is 1. The number of nitrogens with zero attached hydrogens (tertiary/aromatic N) is 1. The van der Waals surface area contributed by atoms with Crippen LogP contribution in [0.2, 0.25) is 0 Å². The molecule has 0 amide bonds. The summed E-state index contributed by atoms with van der Waals surface area (Å²) in [5.74, 6) is 0.856. The summed E-state index contributed by atoms with van der Waals surface area (Å²) in [7, 11) is 1.69. The minimum absolute atomic E-state index is 0.856. The highest BCUT2D eigenvalue weighted by Crippen LogP contribution is 2.36.